The van der Waals surface area contributed by atoms with Gasteiger partial charge in [-0.15, -0.1) is 12.4 Å². The maximum absolute atomic E-state index is 12.4. The Morgan fingerprint density at radius 1 is 0.962 bits per heavy atom. The Balaban J connectivity index is 0.00000243. The van der Waals surface area contributed by atoms with Crippen molar-refractivity contribution in [1.29, 1.82) is 0 Å². The van der Waals surface area contributed by atoms with Crippen LogP contribution in [0.25, 0.3) is 0 Å². The Hall–Kier alpha value is -2.04. The summed E-state index contributed by atoms with van der Waals surface area (Å²) in [6.07, 6.45) is 4.82. The normalized spacial score (nSPS) is 15.6. The molecule has 3 N–H and O–H groups in total. The van der Waals surface area contributed by atoms with E-state index >= 15 is 0 Å². The molecule has 0 bridgehead atoms. The molecule has 0 atom stereocenters. The van der Waals surface area contributed by atoms with Crippen molar-refractivity contribution in [3.05, 3.63) is 65.7 Å². The molecule has 2 aromatic rings. The first-order valence-electron chi connectivity index (χ1n) is 8.99. The van der Waals surface area contributed by atoms with Crippen molar-refractivity contribution < 1.29 is 9.53 Å². The number of carbonyl (C=O) groups is 1. The van der Waals surface area contributed by atoms with Crippen LogP contribution in [0.3, 0.4) is 0 Å². The van der Waals surface area contributed by atoms with E-state index < -0.39 is 5.54 Å². The number of nitrogens with one attached hydrogen (secondary N) is 1. The maximum Gasteiger partial charge on any atom is 0.240 e. The minimum absolute atomic E-state index is 0. The van der Waals surface area contributed by atoms with Crippen LogP contribution in [0.4, 0.5) is 0 Å². The molecule has 1 amide bonds. The van der Waals surface area contributed by atoms with Gasteiger partial charge in [-0.3, -0.25) is 4.79 Å². The molecular weight excluding hydrogens is 348 g/mol. The highest BCUT2D eigenvalue weighted by Crippen LogP contribution is 2.26. The fourth-order valence-corrected chi connectivity index (χ4v) is 3.21. The van der Waals surface area contributed by atoms with E-state index in [4.69, 9.17) is 10.5 Å². The monoisotopic (exact) mass is 374 g/mol. The Kier molecular flexibility index (Phi) is 7.49. The van der Waals surface area contributed by atoms with Gasteiger partial charge in [0.25, 0.3) is 0 Å². The Bertz CT molecular complexity index is 683. The van der Waals surface area contributed by atoms with Gasteiger partial charge in [0.2, 0.25) is 5.91 Å². The second-order valence-electron chi connectivity index (χ2n) is 6.82. The lowest BCUT2D eigenvalue weighted by Gasteiger charge is -2.31. The van der Waals surface area contributed by atoms with Crippen LogP contribution >= 0.6 is 12.4 Å². The molecule has 3 rings (SSSR count). The van der Waals surface area contributed by atoms with Gasteiger partial charge >= 0.3 is 0 Å². The lowest BCUT2D eigenvalue weighted by Crippen LogP contribution is -2.54. The highest BCUT2D eigenvalue weighted by atomic mass is 35.5. The molecule has 5 heteroatoms. The highest BCUT2D eigenvalue weighted by molar-refractivity contribution is 5.86. The molecule has 0 spiro atoms. The largest absolute Gasteiger partial charge is 0.489 e. The van der Waals surface area contributed by atoms with Gasteiger partial charge < -0.3 is 15.8 Å². The Labute approximate surface area is 161 Å². The second-order valence-corrected chi connectivity index (χ2v) is 6.82. The quantitative estimate of drug-likeness (QED) is 0.804. The van der Waals surface area contributed by atoms with Gasteiger partial charge in [0, 0.05) is 6.54 Å². The summed E-state index contributed by atoms with van der Waals surface area (Å²) in [6, 6.07) is 17.9. The zero-order chi connectivity index (χ0) is 17.5. The van der Waals surface area contributed by atoms with Gasteiger partial charge in [0.15, 0.2) is 0 Å². The summed E-state index contributed by atoms with van der Waals surface area (Å²) < 4.78 is 5.78. The SMILES string of the molecule is Cl.NC1(C(=O)NCc2ccc(OCc3ccccc3)cc2)CCCCC1. The molecule has 1 aliphatic rings. The first-order valence-corrected chi connectivity index (χ1v) is 8.99. The molecule has 0 aliphatic heterocycles. The van der Waals surface area contributed by atoms with Crippen molar-refractivity contribution in [1.82, 2.24) is 5.32 Å². The molecular formula is C21H27ClN2O2. The van der Waals surface area contributed by atoms with Crippen LogP contribution in [0, 0.1) is 0 Å². The van der Waals surface area contributed by atoms with E-state index in [1.54, 1.807) is 0 Å². The van der Waals surface area contributed by atoms with Crippen LogP contribution in [0.2, 0.25) is 0 Å². The number of amides is 1. The van der Waals surface area contributed by atoms with Crippen molar-refractivity contribution >= 4 is 18.3 Å². The van der Waals surface area contributed by atoms with E-state index in [2.05, 4.69) is 5.32 Å². The molecule has 0 saturated heterocycles. The molecule has 0 radical (unpaired) electrons. The predicted octanol–water partition coefficient (Wildman–Crippen LogP) is 3.97. The van der Waals surface area contributed by atoms with Gasteiger partial charge in [0.1, 0.15) is 12.4 Å². The predicted molar refractivity (Wildman–Crippen MR) is 106 cm³/mol. The molecule has 0 heterocycles. The third-order valence-electron chi connectivity index (χ3n) is 4.82. The van der Waals surface area contributed by atoms with E-state index in [9.17, 15) is 4.79 Å². The van der Waals surface area contributed by atoms with Crippen LogP contribution < -0.4 is 15.8 Å². The summed E-state index contributed by atoms with van der Waals surface area (Å²) in [6.45, 7) is 1.05. The number of benzene rings is 2. The average Bonchev–Trinajstić information content (AvgIpc) is 2.66. The third kappa shape index (κ3) is 5.48. The summed E-state index contributed by atoms with van der Waals surface area (Å²) in [7, 11) is 0. The number of nitrogens with two attached hydrogens (primary N) is 1. The van der Waals surface area contributed by atoms with Crippen molar-refractivity contribution in [2.45, 2.75) is 50.8 Å². The zero-order valence-corrected chi connectivity index (χ0v) is 15.8. The summed E-state index contributed by atoms with van der Waals surface area (Å²) in [4.78, 5) is 12.4. The Morgan fingerprint density at radius 2 is 1.62 bits per heavy atom. The number of hydrogen-bond donors (Lipinski definition) is 2. The fourth-order valence-electron chi connectivity index (χ4n) is 3.21. The van der Waals surface area contributed by atoms with E-state index in [0.717, 1.165) is 42.6 Å². The van der Waals surface area contributed by atoms with E-state index in [0.29, 0.717) is 13.2 Å². The number of halogens is 1. The smallest absolute Gasteiger partial charge is 0.240 e. The van der Waals surface area contributed by atoms with Crippen LogP contribution in [0.5, 0.6) is 5.75 Å². The van der Waals surface area contributed by atoms with E-state index in [1.165, 1.54) is 6.42 Å². The first kappa shape index (κ1) is 20.3. The molecule has 26 heavy (non-hydrogen) atoms. The summed E-state index contributed by atoms with van der Waals surface area (Å²) in [5.74, 6) is 0.790. The first-order chi connectivity index (χ1) is 12.2. The van der Waals surface area contributed by atoms with Gasteiger partial charge in [0.05, 0.1) is 5.54 Å². The van der Waals surface area contributed by atoms with Gasteiger partial charge in [-0.1, -0.05) is 61.7 Å². The summed E-state index contributed by atoms with van der Waals surface area (Å²) >= 11 is 0. The van der Waals surface area contributed by atoms with E-state index in [-0.39, 0.29) is 18.3 Å². The van der Waals surface area contributed by atoms with Crippen LogP contribution in [0.1, 0.15) is 43.2 Å². The Morgan fingerprint density at radius 3 is 2.27 bits per heavy atom. The van der Waals surface area contributed by atoms with Crippen molar-refractivity contribution in [2.24, 2.45) is 5.73 Å². The minimum atomic E-state index is -0.684. The van der Waals surface area contributed by atoms with Gasteiger partial charge in [-0.25, -0.2) is 0 Å². The van der Waals surface area contributed by atoms with Crippen LogP contribution in [-0.4, -0.2) is 11.4 Å². The summed E-state index contributed by atoms with van der Waals surface area (Å²) in [5, 5.41) is 2.98. The fraction of sp³-hybridized carbons (Fsp3) is 0.381. The maximum atomic E-state index is 12.4. The second kappa shape index (κ2) is 9.60. The molecule has 1 saturated carbocycles. The van der Waals surface area contributed by atoms with Gasteiger partial charge in [-0.2, -0.15) is 0 Å². The van der Waals surface area contributed by atoms with Gasteiger partial charge in [-0.05, 0) is 36.1 Å². The highest BCUT2D eigenvalue weighted by Gasteiger charge is 2.34. The molecule has 0 unspecified atom stereocenters. The number of rotatable bonds is 6. The lowest BCUT2D eigenvalue weighted by atomic mass is 9.82. The topological polar surface area (TPSA) is 64.4 Å². The number of hydrogen-bond acceptors (Lipinski definition) is 3. The molecule has 2 aromatic carbocycles. The molecule has 140 valence electrons. The zero-order valence-electron chi connectivity index (χ0n) is 14.9. The summed E-state index contributed by atoms with van der Waals surface area (Å²) in [5.41, 5.74) is 7.75. The van der Waals surface area contributed by atoms with E-state index in [1.807, 2.05) is 54.6 Å². The number of carbonyl (C=O) groups excluding carboxylic acids is 1. The van der Waals surface area contributed by atoms with Crippen molar-refractivity contribution in [3.8, 4) is 5.75 Å². The standard InChI is InChI=1S/C21H26N2O2.ClH/c22-21(13-5-2-6-14-21)20(24)23-15-17-9-11-19(12-10-17)25-16-18-7-3-1-4-8-18;/h1,3-4,7-12H,2,5-6,13-16,22H2,(H,23,24);1H. The number of ether oxygens (including phenoxy) is 1. The average molecular weight is 375 g/mol. The van der Waals surface area contributed by atoms with Crippen molar-refractivity contribution in [3.63, 3.8) is 0 Å². The van der Waals surface area contributed by atoms with Crippen LogP contribution in [0.15, 0.2) is 54.6 Å². The molecule has 4 nitrogen and oxygen atoms in total. The van der Waals surface area contributed by atoms with Crippen molar-refractivity contribution in [2.75, 3.05) is 0 Å². The minimum Gasteiger partial charge on any atom is -0.489 e. The van der Waals surface area contributed by atoms with Crippen LogP contribution in [-0.2, 0) is 17.9 Å². The molecule has 0 aromatic heterocycles. The molecule has 1 aliphatic carbocycles. The molecule has 1 fully saturated rings. The lowest BCUT2D eigenvalue weighted by molar-refractivity contribution is -0.127. The third-order valence-corrected chi connectivity index (χ3v) is 4.82.